The van der Waals surface area contributed by atoms with Crippen LogP contribution in [0.5, 0.6) is 5.75 Å². The molecule has 0 spiro atoms. The molecule has 1 aromatic carbocycles. The van der Waals surface area contributed by atoms with E-state index in [-0.39, 0.29) is 0 Å². The van der Waals surface area contributed by atoms with E-state index in [1.54, 1.807) is 0 Å². The quantitative estimate of drug-likeness (QED) is 0.707. The van der Waals surface area contributed by atoms with Crippen LogP contribution in [-0.2, 0) is 0 Å². The fraction of sp³-hybridized carbons (Fsp3) is 0.556. The highest BCUT2D eigenvalue weighted by Gasteiger charge is 2.21. The maximum Gasteiger partial charge on any atom is 0.247 e. The molecule has 118 valence electrons. The number of aromatic nitrogens is 2. The molecule has 0 saturated heterocycles. The van der Waals surface area contributed by atoms with Gasteiger partial charge in [-0.1, -0.05) is 32.6 Å². The zero-order chi connectivity index (χ0) is 15.2. The lowest BCUT2D eigenvalue weighted by Gasteiger charge is -2.17. The lowest BCUT2D eigenvalue weighted by molar-refractivity contribution is 0.309. The van der Waals surface area contributed by atoms with Crippen LogP contribution in [0.3, 0.4) is 0 Å². The Kier molecular flexibility index (Phi) is 5.09. The third kappa shape index (κ3) is 3.67. The van der Waals surface area contributed by atoms with Crippen LogP contribution in [0.1, 0.15) is 63.7 Å². The van der Waals surface area contributed by atoms with E-state index in [4.69, 9.17) is 9.15 Å². The molecule has 1 saturated carbocycles. The second-order valence-electron chi connectivity index (χ2n) is 6.01. The number of rotatable bonds is 6. The van der Waals surface area contributed by atoms with Gasteiger partial charge in [0.05, 0.1) is 6.61 Å². The van der Waals surface area contributed by atoms with E-state index in [1.807, 2.05) is 24.3 Å². The summed E-state index contributed by atoms with van der Waals surface area (Å²) in [6.45, 7) is 2.92. The lowest BCUT2D eigenvalue weighted by Crippen LogP contribution is -2.04. The molecule has 0 radical (unpaired) electrons. The fourth-order valence-electron chi connectivity index (χ4n) is 2.89. The van der Waals surface area contributed by atoms with Crippen LogP contribution in [0, 0.1) is 0 Å². The average molecular weight is 300 g/mol. The van der Waals surface area contributed by atoms with E-state index >= 15 is 0 Å². The highest BCUT2D eigenvalue weighted by molar-refractivity contribution is 5.54. The maximum absolute atomic E-state index is 5.88. The Morgan fingerprint density at radius 2 is 1.86 bits per heavy atom. The highest BCUT2D eigenvalue weighted by atomic mass is 16.5. The van der Waals surface area contributed by atoms with Crippen molar-refractivity contribution in [2.45, 2.75) is 57.8 Å². The average Bonchev–Trinajstić information content (AvgIpc) is 3.07. The smallest absolute Gasteiger partial charge is 0.247 e. The van der Waals surface area contributed by atoms with Crippen molar-refractivity contribution in [1.82, 2.24) is 10.2 Å². The summed E-state index contributed by atoms with van der Waals surface area (Å²) < 4.78 is 11.6. The van der Waals surface area contributed by atoms with Crippen molar-refractivity contribution in [3.63, 3.8) is 0 Å². The third-order valence-corrected chi connectivity index (χ3v) is 4.26. The molecule has 3 rings (SSSR count). The van der Waals surface area contributed by atoms with Crippen molar-refractivity contribution in [2.24, 2.45) is 0 Å². The van der Waals surface area contributed by atoms with Crippen LogP contribution in [0.4, 0.5) is 0 Å². The SMILES string of the molecule is CCCCOc1ccc(-c2nnc(C3CCCCC3)o2)cc1. The first-order valence-corrected chi connectivity index (χ1v) is 8.43. The number of hydrogen-bond acceptors (Lipinski definition) is 4. The van der Waals surface area contributed by atoms with Gasteiger partial charge in [0.15, 0.2) is 0 Å². The normalized spacial score (nSPS) is 15.9. The zero-order valence-electron chi connectivity index (χ0n) is 13.3. The second kappa shape index (κ2) is 7.43. The van der Waals surface area contributed by atoms with Gasteiger partial charge in [-0.25, -0.2) is 0 Å². The van der Waals surface area contributed by atoms with Gasteiger partial charge in [0.25, 0.3) is 0 Å². The molecule has 0 atom stereocenters. The molecular weight excluding hydrogens is 276 g/mol. The van der Waals surface area contributed by atoms with Gasteiger partial charge in [-0.3, -0.25) is 0 Å². The first-order chi connectivity index (χ1) is 10.9. The van der Waals surface area contributed by atoms with E-state index in [0.29, 0.717) is 11.8 Å². The highest BCUT2D eigenvalue weighted by Crippen LogP contribution is 2.33. The Morgan fingerprint density at radius 3 is 2.59 bits per heavy atom. The molecule has 2 aromatic rings. The Balaban J connectivity index is 1.65. The van der Waals surface area contributed by atoms with E-state index < -0.39 is 0 Å². The minimum absolute atomic E-state index is 0.451. The summed E-state index contributed by atoms with van der Waals surface area (Å²) in [6, 6.07) is 7.91. The van der Waals surface area contributed by atoms with E-state index in [9.17, 15) is 0 Å². The van der Waals surface area contributed by atoms with Gasteiger partial charge in [-0.05, 0) is 43.5 Å². The van der Waals surface area contributed by atoms with Crippen molar-refractivity contribution >= 4 is 0 Å². The van der Waals surface area contributed by atoms with Crippen LogP contribution in [0.25, 0.3) is 11.5 Å². The summed E-state index contributed by atoms with van der Waals surface area (Å²) in [7, 11) is 0. The molecule has 0 amide bonds. The molecule has 22 heavy (non-hydrogen) atoms. The van der Waals surface area contributed by atoms with Crippen molar-refractivity contribution in [3.8, 4) is 17.2 Å². The molecule has 1 heterocycles. The van der Waals surface area contributed by atoms with E-state index in [1.165, 1.54) is 32.1 Å². The number of unbranched alkanes of at least 4 members (excludes halogenated alkanes) is 1. The predicted molar refractivity (Wildman–Crippen MR) is 86.0 cm³/mol. The summed E-state index contributed by atoms with van der Waals surface area (Å²) in [5, 5.41) is 8.46. The number of ether oxygens (including phenoxy) is 1. The van der Waals surface area contributed by atoms with Crippen molar-refractivity contribution in [3.05, 3.63) is 30.2 Å². The summed E-state index contributed by atoms with van der Waals surface area (Å²) in [6.07, 6.45) is 8.44. The largest absolute Gasteiger partial charge is 0.494 e. The van der Waals surface area contributed by atoms with Gasteiger partial charge in [-0.15, -0.1) is 10.2 Å². The summed E-state index contributed by atoms with van der Waals surface area (Å²) in [4.78, 5) is 0. The van der Waals surface area contributed by atoms with Gasteiger partial charge in [0.2, 0.25) is 11.8 Å². The Hall–Kier alpha value is -1.84. The standard InChI is InChI=1S/C18H24N2O2/c1-2-3-13-21-16-11-9-15(10-12-16)18-20-19-17(22-18)14-7-5-4-6-8-14/h9-12,14H,2-8,13H2,1H3. The molecule has 0 bridgehead atoms. The van der Waals surface area contributed by atoms with Crippen LogP contribution in [0.2, 0.25) is 0 Å². The Morgan fingerprint density at radius 1 is 1.09 bits per heavy atom. The molecule has 0 N–H and O–H groups in total. The van der Waals surface area contributed by atoms with Crippen LogP contribution in [-0.4, -0.2) is 16.8 Å². The van der Waals surface area contributed by atoms with Crippen LogP contribution < -0.4 is 4.74 Å². The van der Waals surface area contributed by atoms with Gasteiger partial charge >= 0.3 is 0 Å². The summed E-state index contributed by atoms with van der Waals surface area (Å²) in [5.41, 5.74) is 0.956. The van der Waals surface area contributed by atoms with E-state index in [0.717, 1.165) is 36.7 Å². The second-order valence-corrected chi connectivity index (χ2v) is 6.01. The van der Waals surface area contributed by atoms with Gasteiger partial charge in [0, 0.05) is 11.5 Å². The molecule has 0 unspecified atom stereocenters. The Bertz CT molecular complexity index is 571. The van der Waals surface area contributed by atoms with Crippen LogP contribution >= 0.6 is 0 Å². The molecule has 1 aliphatic carbocycles. The Labute approximate surface area is 131 Å². The molecule has 1 aromatic heterocycles. The number of hydrogen-bond donors (Lipinski definition) is 0. The number of benzene rings is 1. The maximum atomic E-state index is 5.88. The molecular formula is C18H24N2O2. The minimum Gasteiger partial charge on any atom is -0.494 e. The minimum atomic E-state index is 0.451. The van der Waals surface area contributed by atoms with Crippen molar-refractivity contribution in [2.75, 3.05) is 6.61 Å². The first-order valence-electron chi connectivity index (χ1n) is 8.43. The monoisotopic (exact) mass is 300 g/mol. The summed E-state index contributed by atoms with van der Waals surface area (Å²) >= 11 is 0. The van der Waals surface area contributed by atoms with Gasteiger partial charge in [0.1, 0.15) is 5.75 Å². The molecule has 0 aliphatic heterocycles. The predicted octanol–water partition coefficient (Wildman–Crippen LogP) is 4.96. The van der Waals surface area contributed by atoms with Crippen molar-refractivity contribution < 1.29 is 9.15 Å². The van der Waals surface area contributed by atoms with Gasteiger partial charge < -0.3 is 9.15 Å². The summed E-state index contributed by atoms with van der Waals surface area (Å²) in [5.74, 6) is 2.76. The molecule has 4 nitrogen and oxygen atoms in total. The van der Waals surface area contributed by atoms with Crippen molar-refractivity contribution in [1.29, 1.82) is 0 Å². The lowest BCUT2D eigenvalue weighted by atomic mass is 9.89. The van der Waals surface area contributed by atoms with Crippen LogP contribution in [0.15, 0.2) is 28.7 Å². The molecule has 4 heteroatoms. The molecule has 1 fully saturated rings. The third-order valence-electron chi connectivity index (χ3n) is 4.26. The first kappa shape index (κ1) is 15.1. The zero-order valence-corrected chi connectivity index (χ0v) is 13.3. The van der Waals surface area contributed by atoms with E-state index in [2.05, 4.69) is 17.1 Å². The number of nitrogens with zero attached hydrogens (tertiary/aromatic N) is 2. The molecule has 1 aliphatic rings. The fourth-order valence-corrected chi connectivity index (χ4v) is 2.89. The topological polar surface area (TPSA) is 48.2 Å². The van der Waals surface area contributed by atoms with Gasteiger partial charge in [-0.2, -0.15) is 0 Å².